The van der Waals surface area contributed by atoms with E-state index in [1.165, 1.54) is 0 Å². The van der Waals surface area contributed by atoms with Gasteiger partial charge in [0.05, 0.1) is 18.1 Å². The highest BCUT2D eigenvalue weighted by molar-refractivity contribution is 6.67. The van der Waals surface area contributed by atoms with Crippen LogP contribution < -0.4 is 5.32 Å². The summed E-state index contributed by atoms with van der Waals surface area (Å²) in [4.78, 5) is 16.6. The minimum atomic E-state index is -1.65. The highest BCUT2D eigenvalue weighted by Crippen LogP contribution is 2.41. The zero-order valence-corrected chi connectivity index (χ0v) is 14.6. The van der Waals surface area contributed by atoms with Gasteiger partial charge in [0, 0.05) is 11.6 Å². The van der Waals surface area contributed by atoms with E-state index in [4.69, 9.17) is 39.5 Å². The lowest BCUT2D eigenvalue weighted by molar-refractivity contribution is 0.164. The molecule has 0 aliphatic heterocycles. The fourth-order valence-corrected chi connectivity index (χ4v) is 3.44. The molecule has 3 rings (SSSR count). The molecule has 126 valence electrons. The van der Waals surface area contributed by atoms with Crippen molar-refractivity contribution in [2.24, 2.45) is 0 Å². The smallest absolute Gasteiger partial charge is 0.411 e. The second-order valence-corrected chi connectivity index (χ2v) is 8.35. The number of rotatable bonds is 3. The predicted octanol–water partition coefficient (Wildman–Crippen LogP) is 4.49. The molecule has 0 radical (unpaired) electrons. The van der Waals surface area contributed by atoms with Gasteiger partial charge in [0.25, 0.3) is 0 Å². The zero-order chi connectivity index (χ0) is 16.6. The Labute approximate surface area is 148 Å². The summed E-state index contributed by atoms with van der Waals surface area (Å²) >= 11 is 16.7. The number of fused-ring (bicyclic) bond motifs is 2. The standard InChI is InChI=1S/C15H16Cl3FN2O2/c16-15(17,18)7-23-14(22)21-13-9-2-1-3-11(9)20-12-8(6-19)4-5-10(12)13/h8H,1-7H2,(H,20,21,22). The van der Waals surface area contributed by atoms with E-state index in [0.29, 0.717) is 18.5 Å². The van der Waals surface area contributed by atoms with Crippen LogP contribution in [-0.2, 0) is 24.0 Å². The van der Waals surface area contributed by atoms with E-state index in [0.717, 1.165) is 41.8 Å². The molecule has 4 nitrogen and oxygen atoms in total. The van der Waals surface area contributed by atoms with E-state index in [-0.39, 0.29) is 12.5 Å². The maximum absolute atomic E-state index is 13.2. The molecule has 8 heteroatoms. The Bertz CT molecular complexity index is 634. The minimum absolute atomic E-state index is 0.186. The van der Waals surface area contributed by atoms with Crippen LogP contribution in [0.15, 0.2) is 0 Å². The van der Waals surface area contributed by atoms with Gasteiger partial charge in [0.2, 0.25) is 3.79 Å². The molecule has 0 saturated heterocycles. The first-order valence-corrected chi connectivity index (χ1v) is 8.63. The molecule has 0 bridgehead atoms. The molecule has 1 aromatic rings. The number of amides is 1. The number of pyridine rings is 1. The van der Waals surface area contributed by atoms with E-state index >= 15 is 0 Å². The Kier molecular flexibility index (Phi) is 4.90. The van der Waals surface area contributed by atoms with Crippen molar-refractivity contribution in [2.45, 2.75) is 41.8 Å². The molecule has 1 N–H and O–H groups in total. The SMILES string of the molecule is O=C(Nc1c2c(nc3c1CCC3CF)CCC2)OCC(Cl)(Cl)Cl. The van der Waals surface area contributed by atoms with Crippen LogP contribution in [0, 0.1) is 0 Å². The van der Waals surface area contributed by atoms with Crippen LogP contribution in [0.4, 0.5) is 14.9 Å². The van der Waals surface area contributed by atoms with Gasteiger partial charge in [-0.1, -0.05) is 34.8 Å². The largest absolute Gasteiger partial charge is 0.445 e. The summed E-state index contributed by atoms with van der Waals surface area (Å²) in [5.41, 5.74) is 4.37. The van der Waals surface area contributed by atoms with Crippen molar-refractivity contribution in [3.8, 4) is 0 Å². The Morgan fingerprint density at radius 1 is 1.30 bits per heavy atom. The number of hydrogen-bond donors (Lipinski definition) is 1. The molecule has 1 atom stereocenters. The third-order valence-corrected chi connectivity index (χ3v) is 4.59. The van der Waals surface area contributed by atoms with Gasteiger partial charge in [-0.3, -0.25) is 14.7 Å². The lowest BCUT2D eigenvalue weighted by atomic mass is 10.0. The average Bonchev–Trinajstić information content (AvgIpc) is 3.10. The third kappa shape index (κ3) is 3.67. The highest BCUT2D eigenvalue weighted by atomic mass is 35.6. The molecular weight excluding hydrogens is 366 g/mol. The Morgan fingerprint density at radius 3 is 2.78 bits per heavy atom. The average molecular weight is 382 g/mol. The Balaban J connectivity index is 1.86. The molecule has 0 fully saturated rings. The van der Waals surface area contributed by atoms with Gasteiger partial charge in [-0.15, -0.1) is 0 Å². The predicted molar refractivity (Wildman–Crippen MR) is 88.6 cm³/mol. The molecule has 2 aliphatic rings. The molecule has 1 unspecified atom stereocenters. The van der Waals surface area contributed by atoms with Gasteiger partial charge >= 0.3 is 6.09 Å². The van der Waals surface area contributed by atoms with Crippen LogP contribution in [0.5, 0.6) is 0 Å². The van der Waals surface area contributed by atoms with Crippen LogP contribution in [0.3, 0.4) is 0 Å². The summed E-state index contributed by atoms with van der Waals surface area (Å²) in [5.74, 6) is -0.186. The molecule has 23 heavy (non-hydrogen) atoms. The zero-order valence-electron chi connectivity index (χ0n) is 12.3. The van der Waals surface area contributed by atoms with E-state index in [2.05, 4.69) is 10.3 Å². The number of nitrogens with one attached hydrogen (secondary N) is 1. The van der Waals surface area contributed by atoms with Crippen LogP contribution in [-0.4, -0.2) is 28.2 Å². The first kappa shape index (κ1) is 17.1. The highest BCUT2D eigenvalue weighted by Gasteiger charge is 2.32. The quantitative estimate of drug-likeness (QED) is 0.785. The second kappa shape index (κ2) is 6.61. The van der Waals surface area contributed by atoms with Gasteiger partial charge in [-0.05, 0) is 43.2 Å². The number of ether oxygens (including phenoxy) is 1. The summed E-state index contributed by atoms with van der Waals surface area (Å²) in [6, 6.07) is 0. The van der Waals surface area contributed by atoms with Crippen molar-refractivity contribution in [2.75, 3.05) is 18.6 Å². The molecule has 0 saturated carbocycles. The molecule has 1 aromatic heterocycles. The third-order valence-electron chi connectivity index (χ3n) is 4.27. The molecular formula is C15H16Cl3FN2O2. The van der Waals surface area contributed by atoms with Crippen LogP contribution in [0.2, 0.25) is 0 Å². The number of anilines is 1. The van der Waals surface area contributed by atoms with Gasteiger partial charge in [0.1, 0.15) is 6.61 Å². The number of aromatic nitrogens is 1. The van der Waals surface area contributed by atoms with Crippen molar-refractivity contribution >= 4 is 46.6 Å². The summed E-state index contributed by atoms with van der Waals surface area (Å²) in [5, 5.41) is 2.76. The fourth-order valence-electron chi connectivity index (χ4n) is 3.28. The van der Waals surface area contributed by atoms with Crippen LogP contribution in [0.1, 0.15) is 41.3 Å². The van der Waals surface area contributed by atoms with E-state index in [9.17, 15) is 9.18 Å². The van der Waals surface area contributed by atoms with E-state index in [1.807, 2.05) is 0 Å². The summed E-state index contributed by atoms with van der Waals surface area (Å²) in [6.07, 6.45) is 3.39. The van der Waals surface area contributed by atoms with Gasteiger partial charge in [0.15, 0.2) is 0 Å². The molecule has 1 amide bonds. The van der Waals surface area contributed by atoms with Crippen molar-refractivity contribution in [3.63, 3.8) is 0 Å². The monoisotopic (exact) mass is 380 g/mol. The molecule has 0 spiro atoms. The van der Waals surface area contributed by atoms with Crippen molar-refractivity contribution in [1.29, 1.82) is 0 Å². The lowest BCUT2D eigenvalue weighted by Crippen LogP contribution is -2.22. The summed E-state index contributed by atoms with van der Waals surface area (Å²) < 4.78 is 16.5. The molecule has 2 aliphatic carbocycles. The first-order valence-electron chi connectivity index (χ1n) is 7.50. The topological polar surface area (TPSA) is 51.2 Å². The van der Waals surface area contributed by atoms with Crippen LogP contribution in [0.25, 0.3) is 0 Å². The minimum Gasteiger partial charge on any atom is -0.445 e. The van der Waals surface area contributed by atoms with Crippen molar-refractivity contribution < 1.29 is 13.9 Å². The normalized spacial score (nSPS) is 19.4. The maximum Gasteiger partial charge on any atom is 0.411 e. The number of halogens is 4. The number of alkyl halides is 4. The number of aryl methyl sites for hydroxylation is 1. The van der Waals surface area contributed by atoms with E-state index in [1.54, 1.807) is 0 Å². The van der Waals surface area contributed by atoms with Gasteiger partial charge in [-0.2, -0.15) is 0 Å². The van der Waals surface area contributed by atoms with Crippen molar-refractivity contribution in [3.05, 3.63) is 22.5 Å². The number of carbonyl (C=O) groups is 1. The van der Waals surface area contributed by atoms with E-state index < -0.39 is 16.6 Å². The number of nitrogens with zero attached hydrogens (tertiary/aromatic N) is 1. The fraction of sp³-hybridized carbons (Fsp3) is 0.600. The van der Waals surface area contributed by atoms with Gasteiger partial charge < -0.3 is 4.74 Å². The maximum atomic E-state index is 13.2. The lowest BCUT2D eigenvalue weighted by Gasteiger charge is -2.17. The van der Waals surface area contributed by atoms with Crippen LogP contribution >= 0.6 is 34.8 Å². The number of carbonyl (C=O) groups excluding carboxylic acids is 1. The Morgan fingerprint density at radius 2 is 2.09 bits per heavy atom. The second-order valence-electron chi connectivity index (χ2n) is 5.84. The summed E-state index contributed by atoms with van der Waals surface area (Å²) in [7, 11) is 0. The first-order chi connectivity index (χ1) is 10.9. The summed E-state index contributed by atoms with van der Waals surface area (Å²) in [6.45, 7) is -0.776. The molecule has 0 aromatic carbocycles. The van der Waals surface area contributed by atoms with Crippen molar-refractivity contribution in [1.82, 2.24) is 4.98 Å². The number of hydrogen-bond acceptors (Lipinski definition) is 3. The van der Waals surface area contributed by atoms with Gasteiger partial charge in [-0.25, -0.2) is 4.79 Å². The molecule has 1 heterocycles. The Hall–Kier alpha value is -0.780.